The summed E-state index contributed by atoms with van der Waals surface area (Å²) < 4.78 is 36.3. The van der Waals surface area contributed by atoms with E-state index in [2.05, 4.69) is 12.2 Å². The van der Waals surface area contributed by atoms with Crippen molar-refractivity contribution in [3.63, 3.8) is 0 Å². The topological polar surface area (TPSA) is 84.9 Å². The maximum absolute atomic E-state index is 12.3. The Morgan fingerprint density at radius 2 is 1.73 bits per heavy atom. The van der Waals surface area contributed by atoms with Crippen LogP contribution in [-0.2, 0) is 14.8 Å². The molecule has 0 aromatic heterocycles. The van der Waals surface area contributed by atoms with Crippen LogP contribution in [0.25, 0.3) is 0 Å². The summed E-state index contributed by atoms with van der Waals surface area (Å²) in [5.74, 6) is 1.06. The standard InChI is InChI=1S/C22H30N2O5S/c1-17(18-9-6-5-7-10-18)16-23-22(25)11-8-14-24(30(4,26)27)19-12-13-20(28-2)21(15-19)29-3/h5-7,9-10,12-13,15,17H,8,11,14,16H2,1-4H3,(H,23,25)/t17-/m0/s1. The summed E-state index contributed by atoms with van der Waals surface area (Å²) in [4.78, 5) is 12.2. The van der Waals surface area contributed by atoms with Crippen LogP contribution in [0, 0.1) is 0 Å². The van der Waals surface area contributed by atoms with E-state index >= 15 is 0 Å². The average Bonchev–Trinajstić information content (AvgIpc) is 2.74. The number of carbonyl (C=O) groups excluding carboxylic acids is 1. The third-order valence-corrected chi connectivity index (χ3v) is 5.99. The molecule has 0 saturated heterocycles. The minimum atomic E-state index is -3.52. The molecule has 0 saturated carbocycles. The van der Waals surface area contributed by atoms with Crippen molar-refractivity contribution in [2.45, 2.75) is 25.7 Å². The number of hydrogen-bond acceptors (Lipinski definition) is 5. The predicted molar refractivity (Wildman–Crippen MR) is 119 cm³/mol. The normalized spacial score (nSPS) is 12.1. The smallest absolute Gasteiger partial charge is 0.232 e. The van der Waals surface area contributed by atoms with Crippen LogP contribution in [-0.4, -0.2) is 47.9 Å². The van der Waals surface area contributed by atoms with Gasteiger partial charge in [-0.1, -0.05) is 37.3 Å². The van der Waals surface area contributed by atoms with Crippen LogP contribution < -0.4 is 19.1 Å². The van der Waals surface area contributed by atoms with Gasteiger partial charge in [0.1, 0.15) is 0 Å². The highest BCUT2D eigenvalue weighted by Gasteiger charge is 2.19. The first kappa shape index (κ1) is 23.5. The molecule has 1 amide bonds. The average molecular weight is 435 g/mol. The number of benzene rings is 2. The van der Waals surface area contributed by atoms with E-state index in [0.29, 0.717) is 30.2 Å². The highest BCUT2D eigenvalue weighted by molar-refractivity contribution is 7.92. The van der Waals surface area contributed by atoms with E-state index in [4.69, 9.17) is 9.47 Å². The van der Waals surface area contributed by atoms with Crippen molar-refractivity contribution >= 4 is 21.6 Å². The van der Waals surface area contributed by atoms with Gasteiger partial charge in [0.2, 0.25) is 15.9 Å². The predicted octanol–water partition coefficient (Wildman–Crippen LogP) is 3.17. The molecule has 0 fully saturated rings. The molecule has 0 unspecified atom stereocenters. The van der Waals surface area contributed by atoms with Gasteiger partial charge in [-0.2, -0.15) is 0 Å². The summed E-state index contributed by atoms with van der Waals surface area (Å²) >= 11 is 0. The monoisotopic (exact) mass is 434 g/mol. The third kappa shape index (κ3) is 6.66. The number of nitrogens with zero attached hydrogens (tertiary/aromatic N) is 1. The number of methoxy groups -OCH3 is 2. The van der Waals surface area contributed by atoms with Crippen LogP contribution in [0.2, 0.25) is 0 Å². The second kappa shape index (κ2) is 10.9. The molecule has 7 nitrogen and oxygen atoms in total. The zero-order chi connectivity index (χ0) is 22.1. The Bertz CT molecular complexity index is 932. The first-order valence-corrected chi connectivity index (χ1v) is 11.6. The molecular formula is C22H30N2O5S. The number of carbonyl (C=O) groups is 1. The Morgan fingerprint density at radius 3 is 2.33 bits per heavy atom. The molecule has 1 atom stereocenters. The van der Waals surface area contributed by atoms with Gasteiger partial charge in [-0.05, 0) is 30.0 Å². The van der Waals surface area contributed by atoms with Crippen molar-refractivity contribution in [2.75, 3.05) is 37.9 Å². The molecule has 164 valence electrons. The lowest BCUT2D eigenvalue weighted by molar-refractivity contribution is -0.121. The largest absolute Gasteiger partial charge is 0.493 e. The molecule has 2 aromatic carbocycles. The van der Waals surface area contributed by atoms with Gasteiger partial charge in [0.15, 0.2) is 11.5 Å². The summed E-state index contributed by atoms with van der Waals surface area (Å²) in [5, 5.41) is 2.92. The van der Waals surface area contributed by atoms with Gasteiger partial charge in [0.25, 0.3) is 0 Å². The van der Waals surface area contributed by atoms with E-state index in [-0.39, 0.29) is 24.8 Å². The van der Waals surface area contributed by atoms with Crippen molar-refractivity contribution in [1.29, 1.82) is 0 Å². The number of nitrogens with one attached hydrogen (secondary N) is 1. The third-order valence-electron chi connectivity index (χ3n) is 4.79. The second-order valence-corrected chi connectivity index (χ2v) is 9.00. The van der Waals surface area contributed by atoms with Gasteiger partial charge in [0, 0.05) is 25.6 Å². The first-order chi connectivity index (χ1) is 14.3. The lowest BCUT2D eigenvalue weighted by Crippen LogP contribution is -2.32. The maximum atomic E-state index is 12.3. The Labute approximate surface area is 179 Å². The second-order valence-electron chi connectivity index (χ2n) is 7.09. The molecule has 0 aliphatic heterocycles. The summed E-state index contributed by atoms with van der Waals surface area (Å²) in [6.07, 6.45) is 1.78. The molecule has 0 aliphatic rings. The fourth-order valence-electron chi connectivity index (χ4n) is 3.10. The number of rotatable bonds is 11. The summed E-state index contributed by atoms with van der Waals surface area (Å²) in [6.45, 7) is 2.78. The van der Waals surface area contributed by atoms with Gasteiger partial charge in [-0.3, -0.25) is 9.10 Å². The lowest BCUT2D eigenvalue weighted by atomic mass is 10.0. The quantitative estimate of drug-likeness (QED) is 0.587. The molecule has 0 spiro atoms. The van der Waals surface area contributed by atoms with Gasteiger partial charge >= 0.3 is 0 Å². The summed E-state index contributed by atoms with van der Waals surface area (Å²) in [5.41, 5.74) is 1.63. The Morgan fingerprint density at radius 1 is 1.07 bits per heavy atom. The lowest BCUT2D eigenvalue weighted by Gasteiger charge is -2.23. The van der Waals surface area contributed by atoms with Crippen LogP contribution >= 0.6 is 0 Å². The van der Waals surface area contributed by atoms with Gasteiger partial charge in [-0.15, -0.1) is 0 Å². The van der Waals surface area contributed by atoms with Crippen molar-refractivity contribution in [1.82, 2.24) is 5.32 Å². The number of hydrogen-bond donors (Lipinski definition) is 1. The molecule has 1 N–H and O–H groups in total. The molecule has 2 rings (SSSR count). The van der Waals surface area contributed by atoms with E-state index < -0.39 is 10.0 Å². The summed E-state index contributed by atoms with van der Waals surface area (Å²) in [6, 6.07) is 14.9. The van der Waals surface area contributed by atoms with Crippen LogP contribution in [0.1, 0.15) is 31.2 Å². The maximum Gasteiger partial charge on any atom is 0.232 e. The van der Waals surface area contributed by atoms with Crippen molar-refractivity contribution in [3.8, 4) is 11.5 Å². The van der Waals surface area contributed by atoms with E-state index in [0.717, 1.165) is 11.8 Å². The van der Waals surface area contributed by atoms with Gasteiger partial charge in [-0.25, -0.2) is 8.42 Å². The minimum Gasteiger partial charge on any atom is -0.493 e. The molecule has 30 heavy (non-hydrogen) atoms. The zero-order valence-corrected chi connectivity index (χ0v) is 18.7. The van der Waals surface area contributed by atoms with E-state index in [1.165, 1.54) is 18.5 Å². The number of amides is 1. The van der Waals surface area contributed by atoms with Crippen LogP contribution in [0.5, 0.6) is 11.5 Å². The SMILES string of the molecule is COc1ccc(N(CCCC(=O)NC[C@H](C)c2ccccc2)S(C)(=O)=O)cc1OC. The fraction of sp³-hybridized carbons (Fsp3) is 0.409. The van der Waals surface area contributed by atoms with E-state index in [1.807, 2.05) is 30.3 Å². The molecule has 2 aromatic rings. The number of sulfonamides is 1. The fourth-order valence-corrected chi connectivity index (χ4v) is 4.06. The summed E-state index contributed by atoms with van der Waals surface area (Å²) in [7, 11) is -0.507. The molecule has 0 aliphatic carbocycles. The molecule has 0 bridgehead atoms. The molecule has 0 heterocycles. The van der Waals surface area contributed by atoms with Crippen molar-refractivity contribution < 1.29 is 22.7 Å². The molecular weight excluding hydrogens is 404 g/mol. The van der Waals surface area contributed by atoms with Crippen LogP contribution in [0.4, 0.5) is 5.69 Å². The highest BCUT2D eigenvalue weighted by atomic mass is 32.2. The van der Waals surface area contributed by atoms with Crippen molar-refractivity contribution in [3.05, 3.63) is 54.1 Å². The Hall–Kier alpha value is -2.74. The molecule has 8 heteroatoms. The minimum absolute atomic E-state index is 0.0986. The Kier molecular flexibility index (Phi) is 8.53. The number of ether oxygens (including phenoxy) is 2. The molecule has 0 radical (unpaired) electrons. The van der Waals surface area contributed by atoms with Crippen molar-refractivity contribution in [2.24, 2.45) is 0 Å². The zero-order valence-electron chi connectivity index (χ0n) is 17.9. The van der Waals surface area contributed by atoms with E-state index in [1.54, 1.807) is 18.2 Å². The van der Waals surface area contributed by atoms with Gasteiger partial charge < -0.3 is 14.8 Å². The first-order valence-electron chi connectivity index (χ1n) is 9.77. The van der Waals surface area contributed by atoms with Gasteiger partial charge in [0.05, 0.1) is 26.2 Å². The van der Waals surface area contributed by atoms with E-state index in [9.17, 15) is 13.2 Å². The highest BCUT2D eigenvalue weighted by Crippen LogP contribution is 2.32. The van der Waals surface area contributed by atoms with Crippen LogP contribution in [0.3, 0.4) is 0 Å². The van der Waals surface area contributed by atoms with Crippen LogP contribution in [0.15, 0.2) is 48.5 Å². The Balaban J connectivity index is 1.93. The number of anilines is 1.